The molecule has 0 aromatic rings. The molecule has 3 nitrogen and oxygen atoms in total. The van der Waals surface area contributed by atoms with Gasteiger partial charge in [-0.15, -0.1) is 0 Å². The van der Waals surface area contributed by atoms with Crippen LogP contribution in [0.1, 0.15) is 39.5 Å². The number of hydrogen-bond donors (Lipinski definition) is 1. The van der Waals surface area contributed by atoms with E-state index in [1.807, 2.05) is 0 Å². The highest BCUT2D eigenvalue weighted by Crippen LogP contribution is 2.30. The molecule has 2 aliphatic rings. The van der Waals surface area contributed by atoms with E-state index in [0.717, 1.165) is 32.4 Å². The monoisotopic (exact) mass is 224 g/mol. The fourth-order valence-corrected chi connectivity index (χ4v) is 2.97. The zero-order valence-electron chi connectivity index (χ0n) is 10.5. The van der Waals surface area contributed by atoms with Gasteiger partial charge in [-0.05, 0) is 37.5 Å². The SMILES string of the molecule is CC1CCN(C(=O)C2CCC(C)C(N)C2)C1. The third-order valence-electron chi connectivity index (χ3n) is 4.34. The third-order valence-corrected chi connectivity index (χ3v) is 4.34. The molecular formula is C13H24N2O. The van der Waals surface area contributed by atoms with Crippen LogP contribution < -0.4 is 5.73 Å². The molecule has 3 heteroatoms. The van der Waals surface area contributed by atoms with Gasteiger partial charge in [-0.25, -0.2) is 0 Å². The molecule has 1 amide bonds. The Labute approximate surface area is 98.4 Å². The molecule has 0 bridgehead atoms. The number of nitrogens with zero attached hydrogens (tertiary/aromatic N) is 1. The summed E-state index contributed by atoms with van der Waals surface area (Å²) in [5, 5.41) is 0. The second-order valence-electron chi connectivity index (χ2n) is 5.83. The van der Waals surface area contributed by atoms with Gasteiger partial charge >= 0.3 is 0 Å². The maximum atomic E-state index is 12.3. The lowest BCUT2D eigenvalue weighted by molar-refractivity contribution is -0.136. The van der Waals surface area contributed by atoms with Crippen LogP contribution in [0, 0.1) is 17.8 Å². The molecule has 4 unspecified atom stereocenters. The fourth-order valence-electron chi connectivity index (χ4n) is 2.97. The summed E-state index contributed by atoms with van der Waals surface area (Å²) < 4.78 is 0. The van der Waals surface area contributed by atoms with Crippen molar-refractivity contribution in [3.05, 3.63) is 0 Å². The molecule has 2 fully saturated rings. The summed E-state index contributed by atoms with van der Waals surface area (Å²) in [4.78, 5) is 14.3. The number of carbonyl (C=O) groups is 1. The van der Waals surface area contributed by atoms with Gasteiger partial charge in [0.05, 0.1) is 0 Å². The molecular weight excluding hydrogens is 200 g/mol. The van der Waals surface area contributed by atoms with Gasteiger partial charge in [0.2, 0.25) is 5.91 Å². The van der Waals surface area contributed by atoms with E-state index in [9.17, 15) is 4.79 Å². The average Bonchev–Trinajstić information content (AvgIpc) is 2.68. The van der Waals surface area contributed by atoms with Crippen molar-refractivity contribution in [1.82, 2.24) is 4.90 Å². The van der Waals surface area contributed by atoms with Crippen molar-refractivity contribution in [3.8, 4) is 0 Å². The van der Waals surface area contributed by atoms with Gasteiger partial charge in [-0.2, -0.15) is 0 Å². The van der Waals surface area contributed by atoms with E-state index in [0.29, 0.717) is 17.7 Å². The standard InChI is InChI=1S/C13H24N2O/c1-9-5-6-15(8-9)13(16)11-4-3-10(2)12(14)7-11/h9-12H,3-8,14H2,1-2H3. The molecule has 92 valence electrons. The van der Waals surface area contributed by atoms with E-state index in [1.165, 1.54) is 6.42 Å². The summed E-state index contributed by atoms with van der Waals surface area (Å²) in [7, 11) is 0. The Balaban J connectivity index is 1.90. The van der Waals surface area contributed by atoms with Crippen LogP contribution in [0.15, 0.2) is 0 Å². The summed E-state index contributed by atoms with van der Waals surface area (Å²) in [6.07, 6.45) is 4.21. The highest BCUT2D eigenvalue weighted by molar-refractivity contribution is 5.79. The van der Waals surface area contributed by atoms with E-state index >= 15 is 0 Å². The van der Waals surface area contributed by atoms with Crippen LogP contribution in [-0.2, 0) is 4.79 Å². The maximum Gasteiger partial charge on any atom is 0.225 e. The quantitative estimate of drug-likeness (QED) is 0.735. The second-order valence-corrected chi connectivity index (χ2v) is 5.83. The smallest absolute Gasteiger partial charge is 0.225 e. The first kappa shape index (κ1) is 11.9. The molecule has 0 aromatic heterocycles. The number of amides is 1. The highest BCUT2D eigenvalue weighted by Gasteiger charge is 2.34. The van der Waals surface area contributed by atoms with E-state index in [-0.39, 0.29) is 12.0 Å². The topological polar surface area (TPSA) is 46.3 Å². The zero-order valence-corrected chi connectivity index (χ0v) is 10.5. The van der Waals surface area contributed by atoms with Crippen molar-refractivity contribution >= 4 is 5.91 Å². The lowest BCUT2D eigenvalue weighted by Crippen LogP contribution is -2.42. The van der Waals surface area contributed by atoms with E-state index < -0.39 is 0 Å². The van der Waals surface area contributed by atoms with E-state index in [4.69, 9.17) is 5.73 Å². The number of carbonyl (C=O) groups excluding carboxylic acids is 1. The van der Waals surface area contributed by atoms with Gasteiger partial charge < -0.3 is 10.6 Å². The largest absolute Gasteiger partial charge is 0.342 e. The summed E-state index contributed by atoms with van der Waals surface area (Å²) in [5.74, 6) is 1.84. The second kappa shape index (κ2) is 4.74. The Morgan fingerprint density at radius 3 is 2.56 bits per heavy atom. The Morgan fingerprint density at radius 2 is 2.00 bits per heavy atom. The minimum absolute atomic E-state index is 0.205. The first-order valence-corrected chi connectivity index (χ1v) is 6.62. The van der Waals surface area contributed by atoms with Crippen LogP contribution in [0.5, 0.6) is 0 Å². The van der Waals surface area contributed by atoms with Crippen molar-refractivity contribution in [1.29, 1.82) is 0 Å². The van der Waals surface area contributed by atoms with Gasteiger partial charge in [0.1, 0.15) is 0 Å². The molecule has 16 heavy (non-hydrogen) atoms. The highest BCUT2D eigenvalue weighted by atomic mass is 16.2. The Bertz CT molecular complexity index is 267. The number of hydrogen-bond acceptors (Lipinski definition) is 2. The molecule has 0 radical (unpaired) electrons. The third kappa shape index (κ3) is 2.40. The minimum atomic E-state index is 0.205. The van der Waals surface area contributed by atoms with Crippen molar-refractivity contribution in [2.75, 3.05) is 13.1 Å². The van der Waals surface area contributed by atoms with Gasteiger partial charge in [-0.3, -0.25) is 4.79 Å². The number of likely N-dealkylation sites (tertiary alicyclic amines) is 1. The lowest BCUT2D eigenvalue weighted by Gasteiger charge is -2.33. The van der Waals surface area contributed by atoms with Gasteiger partial charge in [0.25, 0.3) is 0 Å². The van der Waals surface area contributed by atoms with Crippen LogP contribution in [0.2, 0.25) is 0 Å². The molecule has 1 saturated heterocycles. The minimum Gasteiger partial charge on any atom is -0.342 e. The van der Waals surface area contributed by atoms with Crippen molar-refractivity contribution < 1.29 is 4.79 Å². The molecule has 1 aliphatic carbocycles. The Kier molecular flexibility index (Phi) is 3.53. The predicted molar refractivity (Wildman–Crippen MR) is 64.8 cm³/mol. The molecule has 2 N–H and O–H groups in total. The summed E-state index contributed by atoms with van der Waals surface area (Å²) in [6.45, 7) is 6.34. The van der Waals surface area contributed by atoms with Crippen LogP contribution >= 0.6 is 0 Å². The Morgan fingerprint density at radius 1 is 1.25 bits per heavy atom. The number of nitrogens with two attached hydrogens (primary N) is 1. The zero-order chi connectivity index (χ0) is 11.7. The fraction of sp³-hybridized carbons (Fsp3) is 0.923. The molecule has 0 aromatic carbocycles. The van der Waals surface area contributed by atoms with Crippen LogP contribution in [0.25, 0.3) is 0 Å². The summed E-state index contributed by atoms with van der Waals surface area (Å²) in [5.41, 5.74) is 6.06. The van der Waals surface area contributed by atoms with Gasteiger partial charge in [-0.1, -0.05) is 13.8 Å². The average molecular weight is 224 g/mol. The molecule has 1 heterocycles. The molecule has 0 spiro atoms. The maximum absolute atomic E-state index is 12.3. The van der Waals surface area contributed by atoms with Gasteiger partial charge in [0.15, 0.2) is 0 Å². The van der Waals surface area contributed by atoms with Crippen molar-refractivity contribution in [2.45, 2.75) is 45.6 Å². The molecule has 4 atom stereocenters. The molecule has 2 rings (SSSR count). The molecule has 1 aliphatic heterocycles. The molecule has 1 saturated carbocycles. The van der Waals surface area contributed by atoms with E-state index in [1.54, 1.807) is 0 Å². The van der Waals surface area contributed by atoms with Crippen LogP contribution in [-0.4, -0.2) is 29.9 Å². The first-order valence-electron chi connectivity index (χ1n) is 6.62. The van der Waals surface area contributed by atoms with Crippen molar-refractivity contribution in [3.63, 3.8) is 0 Å². The number of rotatable bonds is 1. The lowest BCUT2D eigenvalue weighted by atomic mass is 9.79. The Hall–Kier alpha value is -0.570. The summed E-state index contributed by atoms with van der Waals surface area (Å²) in [6, 6.07) is 0.225. The van der Waals surface area contributed by atoms with E-state index in [2.05, 4.69) is 18.7 Å². The predicted octanol–water partition coefficient (Wildman–Crippen LogP) is 1.62. The summed E-state index contributed by atoms with van der Waals surface area (Å²) >= 11 is 0. The van der Waals surface area contributed by atoms with Crippen LogP contribution in [0.3, 0.4) is 0 Å². The normalized spacial score (nSPS) is 40.1. The van der Waals surface area contributed by atoms with Crippen molar-refractivity contribution in [2.24, 2.45) is 23.5 Å². The first-order chi connectivity index (χ1) is 7.58. The van der Waals surface area contributed by atoms with Crippen LogP contribution in [0.4, 0.5) is 0 Å². The van der Waals surface area contributed by atoms with Gasteiger partial charge in [0, 0.05) is 25.0 Å².